The van der Waals surface area contributed by atoms with Crippen LogP contribution in [-0.2, 0) is 9.53 Å². The van der Waals surface area contributed by atoms with E-state index in [-0.39, 0.29) is 5.97 Å². The molecule has 0 saturated heterocycles. The Bertz CT molecular complexity index is 303. The zero-order valence-corrected chi connectivity index (χ0v) is 14.4. The van der Waals surface area contributed by atoms with Crippen LogP contribution in [0.4, 0.5) is 0 Å². The largest absolute Gasteiger partial charge is 0.468 e. The van der Waals surface area contributed by atoms with E-state index in [0.717, 1.165) is 38.3 Å². The number of nitrogens with one attached hydrogen (secondary N) is 1. The molecule has 0 aromatic rings. The van der Waals surface area contributed by atoms with Crippen molar-refractivity contribution in [2.45, 2.75) is 64.3 Å². The minimum atomic E-state index is -0.543. The van der Waals surface area contributed by atoms with Crippen LogP contribution >= 0.6 is 0 Å². The van der Waals surface area contributed by atoms with Crippen LogP contribution in [0.15, 0.2) is 0 Å². The van der Waals surface area contributed by atoms with Gasteiger partial charge in [0.2, 0.25) is 0 Å². The van der Waals surface area contributed by atoms with E-state index in [1.54, 1.807) is 0 Å². The summed E-state index contributed by atoms with van der Waals surface area (Å²) in [6, 6.07) is 0. The van der Waals surface area contributed by atoms with Crippen molar-refractivity contribution < 1.29 is 9.53 Å². The first-order valence-corrected chi connectivity index (χ1v) is 8.54. The molecule has 1 atom stereocenters. The number of esters is 1. The van der Waals surface area contributed by atoms with Gasteiger partial charge in [-0.2, -0.15) is 0 Å². The maximum atomic E-state index is 12.0. The Morgan fingerprint density at radius 1 is 1.38 bits per heavy atom. The number of hydrogen-bond acceptors (Lipinski definition) is 4. The van der Waals surface area contributed by atoms with E-state index in [9.17, 15) is 4.79 Å². The smallest absolute Gasteiger partial charge is 0.325 e. The molecule has 1 unspecified atom stereocenters. The summed E-state index contributed by atoms with van der Waals surface area (Å²) in [4.78, 5) is 14.4. The molecule has 1 fully saturated rings. The summed E-state index contributed by atoms with van der Waals surface area (Å²) >= 11 is 0. The lowest BCUT2D eigenvalue weighted by molar-refractivity contribution is -0.148. The van der Waals surface area contributed by atoms with Gasteiger partial charge in [-0.15, -0.1) is 0 Å². The van der Waals surface area contributed by atoms with Gasteiger partial charge in [0.1, 0.15) is 5.54 Å². The van der Waals surface area contributed by atoms with Gasteiger partial charge in [0.25, 0.3) is 0 Å². The van der Waals surface area contributed by atoms with Gasteiger partial charge >= 0.3 is 5.97 Å². The van der Waals surface area contributed by atoms with Crippen LogP contribution in [0.5, 0.6) is 0 Å². The standard InChI is InChI=1S/C17H34N2O2/c1-5-12-18-17(2,16(20)21-4)11-8-13-19(3)14-15-9-6-7-10-15/h15,18H,5-14H2,1-4H3. The predicted octanol–water partition coefficient (Wildman–Crippen LogP) is 2.82. The number of rotatable bonds is 10. The van der Waals surface area contributed by atoms with Crippen molar-refractivity contribution in [3.63, 3.8) is 0 Å². The summed E-state index contributed by atoms with van der Waals surface area (Å²) < 4.78 is 4.96. The summed E-state index contributed by atoms with van der Waals surface area (Å²) in [6.07, 6.45) is 8.46. The van der Waals surface area contributed by atoms with E-state index in [1.807, 2.05) is 6.92 Å². The normalized spacial score (nSPS) is 18.9. The zero-order chi connectivity index (χ0) is 15.7. The van der Waals surface area contributed by atoms with Crippen LogP contribution < -0.4 is 5.32 Å². The second-order valence-electron chi connectivity index (χ2n) is 6.77. The van der Waals surface area contributed by atoms with Gasteiger partial charge in [0.15, 0.2) is 0 Å². The number of nitrogens with zero attached hydrogens (tertiary/aromatic N) is 1. The van der Waals surface area contributed by atoms with Crippen LogP contribution in [-0.4, -0.2) is 50.2 Å². The second kappa shape index (κ2) is 9.42. The van der Waals surface area contributed by atoms with E-state index in [4.69, 9.17) is 4.74 Å². The molecular formula is C17H34N2O2. The number of hydrogen-bond donors (Lipinski definition) is 1. The van der Waals surface area contributed by atoms with E-state index < -0.39 is 5.54 Å². The number of carbonyl (C=O) groups is 1. The van der Waals surface area contributed by atoms with Crippen LogP contribution in [0.25, 0.3) is 0 Å². The first-order valence-electron chi connectivity index (χ1n) is 8.54. The van der Waals surface area contributed by atoms with Crippen LogP contribution in [0.1, 0.15) is 58.8 Å². The lowest BCUT2D eigenvalue weighted by atomic mass is 9.95. The molecule has 21 heavy (non-hydrogen) atoms. The Morgan fingerprint density at radius 3 is 2.62 bits per heavy atom. The Morgan fingerprint density at radius 2 is 2.05 bits per heavy atom. The molecule has 0 radical (unpaired) electrons. The molecule has 1 aliphatic rings. The highest BCUT2D eigenvalue weighted by atomic mass is 16.5. The molecule has 1 aliphatic carbocycles. The molecule has 4 heteroatoms. The van der Waals surface area contributed by atoms with Gasteiger partial charge in [-0.05, 0) is 65.1 Å². The molecule has 1 saturated carbocycles. The number of ether oxygens (including phenoxy) is 1. The molecular weight excluding hydrogens is 264 g/mol. The molecule has 0 aromatic carbocycles. The van der Waals surface area contributed by atoms with E-state index in [2.05, 4.69) is 24.2 Å². The minimum absolute atomic E-state index is 0.144. The summed E-state index contributed by atoms with van der Waals surface area (Å²) in [5.74, 6) is 0.745. The number of methoxy groups -OCH3 is 1. The van der Waals surface area contributed by atoms with Crippen molar-refractivity contribution in [2.24, 2.45) is 5.92 Å². The summed E-state index contributed by atoms with van der Waals surface area (Å²) in [7, 11) is 3.67. The highest BCUT2D eigenvalue weighted by Crippen LogP contribution is 2.25. The van der Waals surface area contributed by atoms with Gasteiger partial charge < -0.3 is 15.0 Å². The first-order chi connectivity index (χ1) is 10.0. The molecule has 4 nitrogen and oxygen atoms in total. The van der Waals surface area contributed by atoms with Crippen molar-refractivity contribution in [1.29, 1.82) is 0 Å². The Balaban J connectivity index is 2.32. The third-order valence-electron chi connectivity index (χ3n) is 4.66. The van der Waals surface area contributed by atoms with Gasteiger partial charge in [0, 0.05) is 6.54 Å². The fourth-order valence-electron chi connectivity index (χ4n) is 3.32. The average molecular weight is 298 g/mol. The summed E-state index contributed by atoms with van der Waals surface area (Å²) in [5.41, 5.74) is -0.543. The molecule has 0 amide bonds. The molecule has 1 N–H and O–H groups in total. The van der Waals surface area contributed by atoms with E-state index in [0.29, 0.717) is 0 Å². The fraction of sp³-hybridized carbons (Fsp3) is 0.941. The zero-order valence-electron chi connectivity index (χ0n) is 14.4. The van der Waals surface area contributed by atoms with Crippen molar-refractivity contribution in [3.05, 3.63) is 0 Å². The maximum absolute atomic E-state index is 12.0. The maximum Gasteiger partial charge on any atom is 0.325 e. The first kappa shape index (κ1) is 18.4. The highest BCUT2D eigenvalue weighted by Gasteiger charge is 2.33. The predicted molar refractivity (Wildman–Crippen MR) is 87.4 cm³/mol. The van der Waals surface area contributed by atoms with Crippen molar-refractivity contribution >= 4 is 5.97 Å². The quantitative estimate of drug-likeness (QED) is 0.630. The lowest BCUT2D eigenvalue weighted by Gasteiger charge is -2.29. The van der Waals surface area contributed by atoms with Crippen LogP contribution in [0.3, 0.4) is 0 Å². The third-order valence-corrected chi connectivity index (χ3v) is 4.66. The number of carbonyl (C=O) groups excluding carboxylic acids is 1. The molecule has 0 aliphatic heterocycles. The molecule has 124 valence electrons. The monoisotopic (exact) mass is 298 g/mol. The lowest BCUT2D eigenvalue weighted by Crippen LogP contribution is -2.50. The van der Waals surface area contributed by atoms with Gasteiger partial charge in [-0.25, -0.2) is 0 Å². The van der Waals surface area contributed by atoms with Crippen LogP contribution in [0.2, 0.25) is 0 Å². The van der Waals surface area contributed by atoms with Gasteiger partial charge in [-0.3, -0.25) is 4.79 Å². The van der Waals surface area contributed by atoms with E-state index >= 15 is 0 Å². The van der Waals surface area contributed by atoms with Crippen LogP contribution in [0, 0.1) is 5.92 Å². The van der Waals surface area contributed by atoms with Gasteiger partial charge in [-0.1, -0.05) is 19.8 Å². The van der Waals surface area contributed by atoms with Crippen molar-refractivity contribution in [2.75, 3.05) is 33.8 Å². The highest BCUT2D eigenvalue weighted by molar-refractivity contribution is 5.80. The summed E-state index contributed by atoms with van der Waals surface area (Å²) in [6.45, 7) is 7.18. The molecule has 0 bridgehead atoms. The average Bonchev–Trinajstić information content (AvgIpc) is 2.97. The Labute approximate surface area is 130 Å². The molecule has 0 spiro atoms. The molecule has 0 aromatic heterocycles. The van der Waals surface area contributed by atoms with E-state index in [1.165, 1.54) is 39.3 Å². The SMILES string of the molecule is CCCNC(C)(CCCN(C)CC1CCCC1)C(=O)OC. The second-order valence-corrected chi connectivity index (χ2v) is 6.77. The molecule has 0 heterocycles. The van der Waals surface area contributed by atoms with Gasteiger partial charge in [0.05, 0.1) is 7.11 Å². The Kier molecular flexibility index (Phi) is 8.27. The molecule has 1 rings (SSSR count). The van der Waals surface area contributed by atoms with Crippen molar-refractivity contribution in [3.8, 4) is 0 Å². The summed E-state index contributed by atoms with van der Waals surface area (Å²) in [5, 5.41) is 3.35. The van der Waals surface area contributed by atoms with Crippen molar-refractivity contribution in [1.82, 2.24) is 10.2 Å². The Hall–Kier alpha value is -0.610. The fourth-order valence-corrected chi connectivity index (χ4v) is 3.32. The third kappa shape index (κ3) is 6.35. The topological polar surface area (TPSA) is 41.6 Å². The minimum Gasteiger partial charge on any atom is -0.468 e.